The van der Waals surface area contributed by atoms with Crippen molar-refractivity contribution in [2.24, 2.45) is 11.7 Å². The van der Waals surface area contributed by atoms with Crippen LogP contribution in [0.1, 0.15) is 60.4 Å². The lowest BCUT2D eigenvalue weighted by Gasteiger charge is -2.26. The van der Waals surface area contributed by atoms with Crippen LogP contribution in [0.2, 0.25) is 0 Å². The first-order valence-corrected chi connectivity index (χ1v) is 10.6. The molecule has 0 bridgehead atoms. The van der Waals surface area contributed by atoms with Gasteiger partial charge in [-0.15, -0.1) is 0 Å². The fourth-order valence-electron chi connectivity index (χ4n) is 5.07. The number of aryl methyl sites for hydroxylation is 2. The van der Waals surface area contributed by atoms with Crippen LogP contribution in [-0.4, -0.2) is 29.3 Å². The molecule has 2 aromatic rings. The number of aliphatic hydroxyl groups excluding tert-OH is 1. The van der Waals surface area contributed by atoms with Crippen molar-refractivity contribution in [1.29, 1.82) is 0 Å². The smallest absolute Gasteiger partial charge is 0.140 e. The molecule has 0 radical (unpaired) electrons. The van der Waals surface area contributed by atoms with E-state index in [-0.39, 0.29) is 12.1 Å². The Balaban J connectivity index is 1.38. The molecule has 2 aliphatic carbocycles. The maximum absolute atomic E-state index is 9.54. The summed E-state index contributed by atoms with van der Waals surface area (Å²) in [4.78, 5) is 4.50. The van der Waals surface area contributed by atoms with Crippen LogP contribution in [0, 0.1) is 5.92 Å². The number of hydrogen-bond donors (Lipinski definition) is 2. The Morgan fingerprint density at radius 1 is 1.25 bits per heavy atom. The van der Waals surface area contributed by atoms with E-state index in [4.69, 9.17) is 10.5 Å². The second-order valence-corrected chi connectivity index (χ2v) is 8.79. The predicted octanol–water partition coefficient (Wildman–Crippen LogP) is 3.79. The third kappa shape index (κ3) is 4.08. The first-order chi connectivity index (χ1) is 13.6. The van der Waals surface area contributed by atoms with Crippen LogP contribution < -0.4 is 10.5 Å². The molecule has 4 rings (SSSR count). The second-order valence-electron chi connectivity index (χ2n) is 8.79. The third-order valence-electron chi connectivity index (χ3n) is 6.85. The summed E-state index contributed by atoms with van der Waals surface area (Å²) in [7, 11) is 1.72. The van der Waals surface area contributed by atoms with Crippen LogP contribution in [-0.2, 0) is 19.3 Å². The Morgan fingerprint density at radius 2 is 2.14 bits per heavy atom. The first-order valence-electron chi connectivity index (χ1n) is 10.6. The highest BCUT2D eigenvalue weighted by molar-refractivity contribution is 5.37. The van der Waals surface area contributed by atoms with E-state index in [1.165, 1.54) is 23.1 Å². The van der Waals surface area contributed by atoms with E-state index < -0.39 is 0 Å². The van der Waals surface area contributed by atoms with Crippen molar-refractivity contribution < 1.29 is 9.84 Å². The molecule has 3 atom stereocenters. The zero-order valence-corrected chi connectivity index (χ0v) is 16.9. The normalized spacial score (nSPS) is 26.8. The Kier molecular flexibility index (Phi) is 5.70. The van der Waals surface area contributed by atoms with Crippen molar-refractivity contribution in [3.63, 3.8) is 0 Å². The van der Waals surface area contributed by atoms with Crippen LogP contribution >= 0.6 is 0 Å². The number of pyridine rings is 1. The molecule has 1 heterocycles. The van der Waals surface area contributed by atoms with E-state index in [1.54, 1.807) is 7.11 Å². The van der Waals surface area contributed by atoms with Gasteiger partial charge in [-0.2, -0.15) is 0 Å². The molecule has 1 aromatic carbocycles. The molecule has 1 aromatic heterocycles. The van der Waals surface area contributed by atoms with E-state index in [1.807, 2.05) is 18.3 Å². The summed E-state index contributed by atoms with van der Waals surface area (Å²) in [5.74, 6) is 2.11. The summed E-state index contributed by atoms with van der Waals surface area (Å²) in [6, 6.07) is 11.0. The van der Waals surface area contributed by atoms with Gasteiger partial charge in [0.1, 0.15) is 5.75 Å². The SMILES string of the molecule is COc1cccnc1CC[C@H]1CCc2cc([C@H]3CC[C@](N)(CO)C3)ccc2C1. The zero-order valence-electron chi connectivity index (χ0n) is 16.9. The summed E-state index contributed by atoms with van der Waals surface area (Å²) in [6.07, 6.45) is 10.5. The summed E-state index contributed by atoms with van der Waals surface area (Å²) in [5, 5.41) is 9.54. The lowest BCUT2D eigenvalue weighted by Crippen LogP contribution is -2.40. The topological polar surface area (TPSA) is 68.4 Å². The van der Waals surface area contributed by atoms with Gasteiger partial charge in [-0.25, -0.2) is 0 Å². The molecule has 28 heavy (non-hydrogen) atoms. The monoisotopic (exact) mass is 380 g/mol. The number of methoxy groups -OCH3 is 1. The van der Waals surface area contributed by atoms with Gasteiger partial charge in [-0.05, 0) is 92.0 Å². The quantitative estimate of drug-likeness (QED) is 0.800. The lowest BCUT2D eigenvalue weighted by molar-refractivity contribution is 0.198. The molecule has 1 saturated carbocycles. The molecule has 150 valence electrons. The number of aromatic nitrogens is 1. The molecule has 0 saturated heterocycles. The number of hydrogen-bond acceptors (Lipinski definition) is 4. The highest BCUT2D eigenvalue weighted by atomic mass is 16.5. The van der Waals surface area contributed by atoms with Crippen molar-refractivity contribution in [1.82, 2.24) is 4.98 Å². The van der Waals surface area contributed by atoms with Crippen LogP contribution in [0.15, 0.2) is 36.5 Å². The van der Waals surface area contributed by atoms with E-state index in [2.05, 4.69) is 23.2 Å². The van der Waals surface area contributed by atoms with Gasteiger partial charge < -0.3 is 15.6 Å². The van der Waals surface area contributed by atoms with Crippen molar-refractivity contribution in [2.75, 3.05) is 13.7 Å². The molecule has 0 unspecified atom stereocenters. The number of aliphatic hydroxyl groups is 1. The van der Waals surface area contributed by atoms with Gasteiger partial charge in [-0.1, -0.05) is 18.2 Å². The highest BCUT2D eigenvalue weighted by Crippen LogP contribution is 2.41. The largest absolute Gasteiger partial charge is 0.495 e. The third-order valence-corrected chi connectivity index (χ3v) is 6.85. The van der Waals surface area contributed by atoms with Crippen molar-refractivity contribution in [2.45, 2.75) is 62.8 Å². The first kappa shape index (κ1) is 19.4. The highest BCUT2D eigenvalue weighted by Gasteiger charge is 2.36. The molecule has 2 aliphatic rings. The Morgan fingerprint density at radius 3 is 2.93 bits per heavy atom. The molecule has 0 aliphatic heterocycles. The minimum absolute atomic E-state index is 0.0944. The molecule has 4 nitrogen and oxygen atoms in total. The van der Waals surface area contributed by atoms with Gasteiger partial charge in [0.05, 0.1) is 19.4 Å². The summed E-state index contributed by atoms with van der Waals surface area (Å²) in [5.41, 5.74) is 11.4. The van der Waals surface area contributed by atoms with Gasteiger partial charge in [-0.3, -0.25) is 4.98 Å². The standard InChI is InChI=1S/C24H32N2O2/c1-28-23-3-2-12-26-22(23)9-5-17-4-6-19-14-20(8-7-18(19)13-17)21-10-11-24(25,15-21)16-27/h2-3,7-8,12,14,17,21,27H,4-6,9-11,13,15-16,25H2,1H3/t17-,21+,24-/m1/s1. The summed E-state index contributed by atoms with van der Waals surface area (Å²) < 4.78 is 5.44. The van der Waals surface area contributed by atoms with Gasteiger partial charge in [0.2, 0.25) is 0 Å². The number of nitrogens with two attached hydrogens (primary N) is 1. The minimum Gasteiger partial charge on any atom is -0.495 e. The van der Waals surface area contributed by atoms with E-state index >= 15 is 0 Å². The molecule has 1 fully saturated rings. The molecule has 0 spiro atoms. The predicted molar refractivity (Wildman–Crippen MR) is 112 cm³/mol. The summed E-state index contributed by atoms with van der Waals surface area (Å²) in [6.45, 7) is 0.0944. The maximum Gasteiger partial charge on any atom is 0.140 e. The Labute approximate surface area is 168 Å². The average molecular weight is 381 g/mol. The van der Waals surface area contributed by atoms with Crippen LogP contribution in [0.5, 0.6) is 5.75 Å². The Hall–Kier alpha value is -1.91. The summed E-state index contributed by atoms with van der Waals surface area (Å²) >= 11 is 0. The maximum atomic E-state index is 9.54. The van der Waals surface area contributed by atoms with Crippen LogP contribution in [0.3, 0.4) is 0 Å². The number of fused-ring (bicyclic) bond motifs is 1. The number of ether oxygens (including phenoxy) is 1. The second kappa shape index (κ2) is 8.22. The Bertz CT molecular complexity index is 822. The van der Waals surface area contributed by atoms with Gasteiger partial charge in [0.15, 0.2) is 0 Å². The van der Waals surface area contributed by atoms with E-state index in [9.17, 15) is 5.11 Å². The average Bonchev–Trinajstić information content (AvgIpc) is 3.14. The van der Waals surface area contributed by atoms with Crippen molar-refractivity contribution >= 4 is 0 Å². The van der Waals surface area contributed by atoms with Gasteiger partial charge in [0, 0.05) is 11.7 Å². The molecular weight excluding hydrogens is 348 g/mol. The molecular formula is C24H32N2O2. The number of benzene rings is 1. The van der Waals surface area contributed by atoms with E-state index in [0.717, 1.165) is 56.4 Å². The van der Waals surface area contributed by atoms with Crippen molar-refractivity contribution in [3.8, 4) is 5.75 Å². The number of rotatable bonds is 6. The molecule has 0 amide bonds. The lowest BCUT2D eigenvalue weighted by atomic mass is 9.79. The van der Waals surface area contributed by atoms with E-state index in [0.29, 0.717) is 11.8 Å². The van der Waals surface area contributed by atoms with Gasteiger partial charge >= 0.3 is 0 Å². The van der Waals surface area contributed by atoms with Crippen LogP contribution in [0.25, 0.3) is 0 Å². The zero-order chi connectivity index (χ0) is 19.6. The minimum atomic E-state index is -0.377. The fraction of sp³-hybridized carbons (Fsp3) is 0.542. The number of nitrogens with zero attached hydrogens (tertiary/aromatic N) is 1. The van der Waals surface area contributed by atoms with Gasteiger partial charge in [0.25, 0.3) is 0 Å². The molecule has 4 heteroatoms. The molecule has 3 N–H and O–H groups in total. The van der Waals surface area contributed by atoms with Crippen LogP contribution in [0.4, 0.5) is 0 Å². The fourth-order valence-corrected chi connectivity index (χ4v) is 5.07. The van der Waals surface area contributed by atoms with Crippen molar-refractivity contribution in [3.05, 3.63) is 58.9 Å².